The minimum absolute atomic E-state index is 0.302. The number of fused-ring (bicyclic) bond motifs is 1. The maximum Gasteiger partial charge on any atom is 0.274 e. The lowest BCUT2D eigenvalue weighted by Gasteiger charge is -2.19. The van der Waals surface area contributed by atoms with E-state index in [4.69, 9.17) is 14.2 Å². The molecule has 2 N–H and O–H groups in total. The van der Waals surface area contributed by atoms with Crippen molar-refractivity contribution in [1.29, 1.82) is 0 Å². The van der Waals surface area contributed by atoms with Gasteiger partial charge in [0.2, 0.25) is 0 Å². The van der Waals surface area contributed by atoms with Crippen molar-refractivity contribution in [3.63, 3.8) is 0 Å². The fourth-order valence-electron chi connectivity index (χ4n) is 2.92. The van der Waals surface area contributed by atoms with E-state index in [2.05, 4.69) is 15.6 Å². The van der Waals surface area contributed by atoms with Crippen molar-refractivity contribution in [2.24, 2.45) is 0 Å². The van der Waals surface area contributed by atoms with Crippen LogP contribution in [-0.2, 0) is 0 Å². The van der Waals surface area contributed by atoms with Gasteiger partial charge < -0.3 is 24.8 Å². The highest BCUT2D eigenvalue weighted by Gasteiger charge is 2.14. The highest BCUT2D eigenvalue weighted by molar-refractivity contribution is 6.03. The molecule has 29 heavy (non-hydrogen) atoms. The van der Waals surface area contributed by atoms with Crippen LogP contribution in [0.1, 0.15) is 17.4 Å². The van der Waals surface area contributed by atoms with E-state index in [9.17, 15) is 4.79 Å². The molecule has 0 saturated carbocycles. The first kappa shape index (κ1) is 18.6. The van der Waals surface area contributed by atoms with Gasteiger partial charge in [-0.3, -0.25) is 9.78 Å². The van der Waals surface area contributed by atoms with Crippen molar-refractivity contribution in [2.75, 3.05) is 30.5 Å². The zero-order chi connectivity index (χ0) is 20.1. The Labute approximate surface area is 168 Å². The first-order valence-electron chi connectivity index (χ1n) is 9.38. The number of rotatable bonds is 6. The van der Waals surface area contributed by atoms with Crippen LogP contribution < -0.4 is 24.8 Å². The Bertz CT molecular complexity index is 1010. The summed E-state index contributed by atoms with van der Waals surface area (Å²) < 4.78 is 16.5. The molecule has 0 radical (unpaired) electrons. The molecule has 1 aliphatic heterocycles. The third kappa shape index (κ3) is 4.57. The van der Waals surface area contributed by atoms with Crippen LogP contribution >= 0.6 is 0 Å². The number of aromatic nitrogens is 1. The van der Waals surface area contributed by atoms with E-state index in [-0.39, 0.29) is 5.91 Å². The van der Waals surface area contributed by atoms with Gasteiger partial charge in [-0.1, -0.05) is 0 Å². The summed E-state index contributed by atoms with van der Waals surface area (Å²) in [5.41, 5.74) is 2.57. The Morgan fingerprint density at radius 2 is 1.72 bits per heavy atom. The largest absolute Gasteiger partial charge is 0.494 e. The van der Waals surface area contributed by atoms with Gasteiger partial charge >= 0.3 is 0 Å². The second-order valence-corrected chi connectivity index (χ2v) is 6.32. The molecule has 0 atom stereocenters. The molecule has 0 bridgehead atoms. The number of hydrogen-bond donors (Lipinski definition) is 2. The molecule has 148 valence electrons. The summed E-state index contributed by atoms with van der Waals surface area (Å²) in [6.45, 7) is 3.58. The Kier molecular flexibility index (Phi) is 5.47. The fraction of sp³-hybridized carbons (Fsp3) is 0.182. The van der Waals surface area contributed by atoms with Crippen molar-refractivity contribution in [1.82, 2.24) is 4.98 Å². The van der Waals surface area contributed by atoms with Crippen molar-refractivity contribution in [3.8, 4) is 17.2 Å². The third-order valence-electron chi connectivity index (χ3n) is 4.25. The molecule has 7 heteroatoms. The van der Waals surface area contributed by atoms with Crippen LogP contribution in [0.4, 0.5) is 17.1 Å². The maximum absolute atomic E-state index is 12.6. The predicted octanol–water partition coefficient (Wildman–Crippen LogP) is 4.25. The van der Waals surface area contributed by atoms with E-state index in [1.807, 2.05) is 31.2 Å². The molecule has 0 unspecified atom stereocenters. The Balaban J connectivity index is 1.44. The third-order valence-corrected chi connectivity index (χ3v) is 4.25. The molecule has 2 aromatic carbocycles. The summed E-state index contributed by atoms with van der Waals surface area (Å²) in [7, 11) is 0. The number of pyridine rings is 1. The summed E-state index contributed by atoms with van der Waals surface area (Å²) in [5, 5.41) is 6.10. The van der Waals surface area contributed by atoms with E-state index in [0.29, 0.717) is 42.7 Å². The van der Waals surface area contributed by atoms with Gasteiger partial charge in [0.25, 0.3) is 5.91 Å². The van der Waals surface area contributed by atoms with E-state index in [0.717, 1.165) is 17.1 Å². The van der Waals surface area contributed by atoms with Crippen LogP contribution in [0.5, 0.6) is 17.2 Å². The first-order valence-corrected chi connectivity index (χ1v) is 9.38. The van der Waals surface area contributed by atoms with E-state index in [1.54, 1.807) is 36.5 Å². The standard InChI is InChI=1S/C22H21N3O4/c1-2-27-18-6-3-15(4-7-18)24-17-9-10-23-19(13-17)22(26)25-16-5-8-20-21(14-16)29-12-11-28-20/h3-10,13-14H,2,11-12H2,1H3,(H,23,24)(H,25,26). The van der Waals surface area contributed by atoms with Gasteiger partial charge in [-0.25, -0.2) is 0 Å². The number of ether oxygens (including phenoxy) is 3. The number of benzene rings is 2. The van der Waals surface area contributed by atoms with E-state index in [1.165, 1.54) is 0 Å². The topological polar surface area (TPSA) is 81.7 Å². The first-order chi connectivity index (χ1) is 14.2. The van der Waals surface area contributed by atoms with Gasteiger partial charge in [0.15, 0.2) is 11.5 Å². The fourth-order valence-corrected chi connectivity index (χ4v) is 2.92. The predicted molar refractivity (Wildman–Crippen MR) is 111 cm³/mol. The Morgan fingerprint density at radius 1 is 0.966 bits per heavy atom. The Morgan fingerprint density at radius 3 is 2.52 bits per heavy atom. The number of hydrogen-bond acceptors (Lipinski definition) is 6. The average molecular weight is 391 g/mol. The van der Waals surface area contributed by atoms with Gasteiger partial charge in [0.1, 0.15) is 24.7 Å². The number of carbonyl (C=O) groups is 1. The molecule has 0 spiro atoms. The SMILES string of the molecule is CCOc1ccc(Nc2ccnc(C(=O)Nc3ccc4c(c3)OCCO4)c2)cc1. The second kappa shape index (κ2) is 8.52. The average Bonchev–Trinajstić information content (AvgIpc) is 2.75. The summed E-state index contributed by atoms with van der Waals surface area (Å²) in [5.74, 6) is 1.80. The number of carbonyl (C=O) groups excluding carboxylic acids is 1. The Hall–Kier alpha value is -3.74. The molecule has 0 saturated heterocycles. The molecule has 1 aliphatic rings. The van der Waals surface area contributed by atoms with Gasteiger partial charge in [0.05, 0.1) is 6.61 Å². The molecule has 4 rings (SSSR count). The lowest BCUT2D eigenvalue weighted by atomic mass is 10.2. The van der Waals surface area contributed by atoms with Crippen molar-refractivity contribution in [2.45, 2.75) is 6.92 Å². The van der Waals surface area contributed by atoms with E-state index < -0.39 is 0 Å². The summed E-state index contributed by atoms with van der Waals surface area (Å²) in [6.07, 6.45) is 1.59. The zero-order valence-electron chi connectivity index (χ0n) is 16.0. The van der Waals surface area contributed by atoms with Gasteiger partial charge in [0, 0.05) is 29.3 Å². The van der Waals surface area contributed by atoms with Gasteiger partial charge in [-0.2, -0.15) is 0 Å². The highest BCUT2D eigenvalue weighted by Crippen LogP contribution is 2.32. The molecule has 0 fully saturated rings. The highest BCUT2D eigenvalue weighted by atomic mass is 16.6. The van der Waals surface area contributed by atoms with Gasteiger partial charge in [-0.05, 0) is 55.5 Å². The smallest absolute Gasteiger partial charge is 0.274 e. The quantitative estimate of drug-likeness (QED) is 0.654. The minimum Gasteiger partial charge on any atom is -0.494 e. The van der Waals surface area contributed by atoms with Crippen LogP contribution in [0.2, 0.25) is 0 Å². The lowest BCUT2D eigenvalue weighted by Crippen LogP contribution is -2.17. The molecular weight excluding hydrogens is 370 g/mol. The summed E-state index contributed by atoms with van der Waals surface area (Å²) in [6, 6.07) is 16.4. The van der Waals surface area contributed by atoms with Crippen LogP contribution in [0.25, 0.3) is 0 Å². The maximum atomic E-state index is 12.6. The molecule has 1 amide bonds. The molecule has 1 aromatic heterocycles. The van der Waals surface area contributed by atoms with Crippen LogP contribution in [0.15, 0.2) is 60.8 Å². The molecule has 2 heterocycles. The second-order valence-electron chi connectivity index (χ2n) is 6.32. The summed E-state index contributed by atoms with van der Waals surface area (Å²) in [4.78, 5) is 16.8. The van der Waals surface area contributed by atoms with E-state index >= 15 is 0 Å². The van der Waals surface area contributed by atoms with Crippen LogP contribution in [0.3, 0.4) is 0 Å². The molecule has 7 nitrogen and oxygen atoms in total. The number of nitrogens with zero attached hydrogens (tertiary/aromatic N) is 1. The normalized spacial score (nSPS) is 12.2. The number of nitrogens with one attached hydrogen (secondary N) is 2. The lowest BCUT2D eigenvalue weighted by molar-refractivity contribution is 0.102. The minimum atomic E-state index is -0.308. The van der Waals surface area contributed by atoms with Crippen LogP contribution in [0, 0.1) is 0 Å². The van der Waals surface area contributed by atoms with Crippen molar-refractivity contribution in [3.05, 3.63) is 66.5 Å². The van der Waals surface area contributed by atoms with Gasteiger partial charge in [-0.15, -0.1) is 0 Å². The number of anilines is 3. The van der Waals surface area contributed by atoms with Crippen molar-refractivity contribution < 1.29 is 19.0 Å². The molecule has 0 aliphatic carbocycles. The summed E-state index contributed by atoms with van der Waals surface area (Å²) >= 11 is 0. The molecule has 3 aromatic rings. The van der Waals surface area contributed by atoms with Crippen molar-refractivity contribution >= 4 is 23.0 Å². The monoisotopic (exact) mass is 391 g/mol. The zero-order valence-corrected chi connectivity index (χ0v) is 16.0. The van der Waals surface area contributed by atoms with Crippen LogP contribution in [-0.4, -0.2) is 30.7 Å². The number of amides is 1. The molecular formula is C22H21N3O4.